The Bertz CT molecular complexity index is 398. The highest BCUT2D eigenvalue weighted by atomic mass is 15.0. The number of rotatable bonds is 0. The van der Waals surface area contributed by atoms with Crippen LogP contribution < -0.4 is 22.1 Å². The molecule has 0 spiro atoms. The van der Waals surface area contributed by atoms with E-state index in [1.54, 1.807) is 0 Å². The van der Waals surface area contributed by atoms with Crippen LogP contribution in [-0.2, 0) is 12.8 Å². The van der Waals surface area contributed by atoms with E-state index >= 15 is 0 Å². The second kappa shape index (κ2) is 3.47. The van der Waals surface area contributed by atoms with Crippen molar-refractivity contribution < 1.29 is 0 Å². The van der Waals surface area contributed by atoms with Crippen LogP contribution in [-0.4, -0.2) is 13.1 Å². The van der Waals surface area contributed by atoms with Crippen molar-refractivity contribution in [2.45, 2.75) is 25.7 Å². The zero-order valence-electron chi connectivity index (χ0n) is 9.40. The molecule has 0 atom stereocenters. The molecule has 1 aromatic carbocycles. The van der Waals surface area contributed by atoms with Crippen molar-refractivity contribution in [1.82, 2.24) is 0 Å². The summed E-state index contributed by atoms with van der Waals surface area (Å²) in [6, 6.07) is 0. The quantitative estimate of drug-likeness (QED) is 0.394. The molecule has 4 nitrogen and oxygen atoms in total. The van der Waals surface area contributed by atoms with Gasteiger partial charge < -0.3 is 22.1 Å². The van der Waals surface area contributed by atoms with Gasteiger partial charge in [-0.25, -0.2) is 0 Å². The first-order valence-corrected chi connectivity index (χ1v) is 5.99. The van der Waals surface area contributed by atoms with E-state index in [4.69, 9.17) is 11.5 Å². The molecule has 0 unspecified atom stereocenters. The Labute approximate surface area is 95.4 Å². The highest BCUT2D eigenvalue weighted by Crippen LogP contribution is 2.43. The van der Waals surface area contributed by atoms with Crippen molar-refractivity contribution in [1.29, 1.82) is 0 Å². The first-order valence-electron chi connectivity index (χ1n) is 5.99. The van der Waals surface area contributed by atoms with Crippen LogP contribution in [0.3, 0.4) is 0 Å². The predicted molar refractivity (Wildman–Crippen MR) is 68.9 cm³/mol. The summed E-state index contributed by atoms with van der Waals surface area (Å²) in [4.78, 5) is 0. The van der Waals surface area contributed by atoms with Crippen LogP contribution in [0.15, 0.2) is 0 Å². The van der Waals surface area contributed by atoms with Crippen molar-refractivity contribution >= 4 is 22.7 Å². The number of nitrogens with two attached hydrogens (primary N) is 2. The lowest BCUT2D eigenvalue weighted by atomic mass is 9.91. The maximum atomic E-state index is 6.13. The summed E-state index contributed by atoms with van der Waals surface area (Å²) >= 11 is 0. The van der Waals surface area contributed by atoms with Gasteiger partial charge in [-0.2, -0.15) is 0 Å². The van der Waals surface area contributed by atoms with Gasteiger partial charge in [-0.15, -0.1) is 0 Å². The molecule has 4 heteroatoms. The number of nitrogens with one attached hydrogen (secondary N) is 2. The van der Waals surface area contributed by atoms with Crippen LogP contribution in [0.5, 0.6) is 0 Å². The van der Waals surface area contributed by atoms with Gasteiger partial charge in [-0.3, -0.25) is 0 Å². The van der Waals surface area contributed by atoms with Gasteiger partial charge in [0, 0.05) is 24.2 Å². The normalized spacial score (nSPS) is 18.0. The lowest BCUT2D eigenvalue weighted by Gasteiger charge is -2.30. The van der Waals surface area contributed by atoms with Crippen molar-refractivity contribution in [3.63, 3.8) is 0 Å². The third-order valence-electron chi connectivity index (χ3n) is 3.60. The summed E-state index contributed by atoms with van der Waals surface area (Å²) in [6.45, 7) is 2.06. The molecule has 86 valence electrons. The summed E-state index contributed by atoms with van der Waals surface area (Å²) in [5, 5.41) is 6.92. The smallest absolute Gasteiger partial charge is 0.0633 e. The molecule has 3 rings (SSSR count). The first-order chi connectivity index (χ1) is 7.79. The zero-order chi connectivity index (χ0) is 11.1. The summed E-state index contributed by atoms with van der Waals surface area (Å²) in [7, 11) is 0. The van der Waals surface area contributed by atoms with Crippen molar-refractivity contribution in [2.24, 2.45) is 0 Å². The Hall–Kier alpha value is -1.58. The largest absolute Gasteiger partial charge is 0.397 e. The zero-order valence-corrected chi connectivity index (χ0v) is 9.40. The Morgan fingerprint density at radius 1 is 0.750 bits per heavy atom. The standard InChI is InChI=1S/C12H18N4/c13-9-7-3-1-5-15-11(7)12-8(10(9)14)4-2-6-16-12/h15-16H,1-6,13-14H2. The maximum Gasteiger partial charge on any atom is 0.0633 e. The Morgan fingerprint density at radius 2 is 1.19 bits per heavy atom. The van der Waals surface area contributed by atoms with Gasteiger partial charge in [-0.1, -0.05) is 0 Å². The Kier molecular flexibility index (Phi) is 2.09. The average Bonchev–Trinajstić information content (AvgIpc) is 2.36. The van der Waals surface area contributed by atoms with Gasteiger partial charge in [0.05, 0.1) is 22.7 Å². The van der Waals surface area contributed by atoms with Gasteiger partial charge in [0.2, 0.25) is 0 Å². The predicted octanol–water partition coefficient (Wildman–Crippen LogP) is 1.57. The van der Waals surface area contributed by atoms with Crippen LogP contribution in [0.2, 0.25) is 0 Å². The molecule has 0 saturated carbocycles. The van der Waals surface area contributed by atoms with Gasteiger partial charge in [0.1, 0.15) is 0 Å². The van der Waals surface area contributed by atoms with Crippen LogP contribution in [0.1, 0.15) is 24.0 Å². The number of benzene rings is 1. The second-order valence-electron chi connectivity index (χ2n) is 4.60. The Morgan fingerprint density at radius 3 is 1.62 bits per heavy atom. The molecule has 0 fully saturated rings. The van der Waals surface area contributed by atoms with Crippen LogP contribution in [0, 0.1) is 0 Å². The molecule has 16 heavy (non-hydrogen) atoms. The van der Waals surface area contributed by atoms with E-state index in [2.05, 4.69) is 10.6 Å². The lowest BCUT2D eigenvalue weighted by molar-refractivity contribution is 0.808. The topological polar surface area (TPSA) is 76.1 Å². The van der Waals surface area contributed by atoms with Crippen LogP contribution in [0.25, 0.3) is 0 Å². The van der Waals surface area contributed by atoms with Gasteiger partial charge in [-0.05, 0) is 25.7 Å². The van der Waals surface area contributed by atoms with Crippen LogP contribution in [0.4, 0.5) is 22.7 Å². The van der Waals surface area contributed by atoms with E-state index in [9.17, 15) is 0 Å². The second-order valence-corrected chi connectivity index (χ2v) is 4.60. The first kappa shape index (κ1) is 9.63. The molecule has 1 aromatic rings. The number of hydrogen-bond donors (Lipinski definition) is 4. The fraction of sp³-hybridized carbons (Fsp3) is 0.500. The Balaban J connectivity index is 2.25. The number of hydrogen-bond acceptors (Lipinski definition) is 4. The molecule has 6 N–H and O–H groups in total. The van der Waals surface area contributed by atoms with E-state index in [-0.39, 0.29) is 0 Å². The number of anilines is 4. The number of nitrogen functional groups attached to an aromatic ring is 2. The minimum absolute atomic E-state index is 0.796. The van der Waals surface area contributed by atoms with E-state index in [1.807, 2.05) is 0 Å². The monoisotopic (exact) mass is 218 g/mol. The molecule has 0 amide bonds. The third-order valence-corrected chi connectivity index (χ3v) is 3.60. The molecular weight excluding hydrogens is 200 g/mol. The third kappa shape index (κ3) is 1.22. The van der Waals surface area contributed by atoms with Crippen molar-refractivity contribution in [2.75, 3.05) is 35.2 Å². The summed E-state index contributed by atoms with van der Waals surface area (Å²) in [5.41, 5.74) is 18.7. The molecule has 0 aromatic heterocycles. The van der Waals surface area contributed by atoms with Crippen molar-refractivity contribution in [3.8, 4) is 0 Å². The van der Waals surface area contributed by atoms with E-state index in [0.29, 0.717) is 0 Å². The molecule has 0 bridgehead atoms. The minimum Gasteiger partial charge on any atom is -0.397 e. The molecule has 2 aliphatic heterocycles. The average molecular weight is 218 g/mol. The fourth-order valence-corrected chi connectivity index (χ4v) is 2.76. The summed E-state index contributed by atoms with van der Waals surface area (Å²) in [6.07, 6.45) is 4.34. The molecule has 0 radical (unpaired) electrons. The molecule has 0 saturated heterocycles. The van der Waals surface area contributed by atoms with Crippen molar-refractivity contribution in [3.05, 3.63) is 11.1 Å². The fourth-order valence-electron chi connectivity index (χ4n) is 2.76. The highest BCUT2D eigenvalue weighted by Gasteiger charge is 2.24. The van der Waals surface area contributed by atoms with E-state index in [0.717, 1.165) is 50.1 Å². The maximum absolute atomic E-state index is 6.13. The molecular formula is C12H18N4. The molecule has 0 aliphatic carbocycles. The van der Waals surface area contributed by atoms with Gasteiger partial charge in [0.25, 0.3) is 0 Å². The SMILES string of the molecule is Nc1c(N)c2c(c3c1CCCN3)NCCC2. The van der Waals surface area contributed by atoms with Crippen LogP contribution >= 0.6 is 0 Å². The lowest BCUT2D eigenvalue weighted by Crippen LogP contribution is -2.22. The van der Waals surface area contributed by atoms with E-state index < -0.39 is 0 Å². The minimum atomic E-state index is 0.796. The van der Waals surface area contributed by atoms with Gasteiger partial charge in [0.15, 0.2) is 0 Å². The number of fused-ring (bicyclic) bond motifs is 3. The summed E-state index contributed by atoms with van der Waals surface area (Å²) < 4.78 is 0. The van der Waals surface area contributed by atoms with E-state index in [1.165, 1.54) is 22.5 Å². The highest BCUT2D eigenvalue weighted by molar-refractivity contribution is 5.91. The van der Waals surface area contributed by atoms with Gasteiger partial charge >= 0.3 is 0 Å². The summed E-state index contributed by atoms with van der Waals surface area (Å²) in [5.74, 6) is 0. The molecule has 2 aliphatic rings. The molecule has 2 heterocycles.